The summed E-state index contributed by atoms with van der Waals surface area (Å²) in [5.41, 5.74) is 0.0309. The number of benzene rings is 2. The molecule has 0 radical (unpaired) electrons. The van der Waals surface area contributed by atoms with E-state index in [2.05, 4.69) is 5.32 Å². The third kappa shape index (κ3) is 3.86. The van der Waals surface area contributed by atoms with E-state index < -0.39 is 22.3 Å². The lowest BCUT2D eigenvalue weighted by atomic mass is 10.1. The average molecular weight is 373 g/mol. The van der Waals surface area contributed by atoms with Crippen LogP contribution >= 0.6 is 0 Å². The van der Waals surface area contributed by atoms with Gasteiger partial charge in [-0.1, -0.05) is 0 Å². The van der Waals surface area contributed by atoms with E-state index in [0.29, 0.717) is 11.4 Å². The fourth-order valence-electron chi connectivity index (χ4n) is 2.86. The van der Waals surface area contributed by atoms with Gasteiger partial charge in [0.05, 0.1) is 23.6 Å². The first kappa shape index (κ1) is 18.3. The van der Waals surface area contributed by atoms with Crippen molar-refractivity contribution in [1.82, 2.24) is 0 Å². The number of methoxy groups -OCH3 is 1. The van der Waals surface area contributed by atoms with Crippen LogP contribution < -0.4 is 15.0 Å². The van der Waals surface area contributed by atoms with Crippen LogP contribution in [-0.2, 0) is 9.59 Å². The van der Waals surface area contributed by atoms with Crippen molar-refractivity contribution in [2.45, 2.75) is 6.42 Å². The van der Waals surface area contributed by atoms with Gasteiger partial charge in [0.2, 0.25) is 17.6 Å². The van der Waals surface area contributed by atoms with Crippen molar-refractivity contribution in [1.29, 1.82) is 0 Å². The lowest BCUT2D eigenvalue weighted by molar-refractivity contribution is -0.387. The molecule has 1 unspecified atom stereocenters. The molecule has 1 N–H and O–H groups in total. The molecule has 0 spiro atoms. The van der Waals surface area contributed by atoms with Crippen LogP contribution in [-0.4, -0.2) is 30.4 Å². The van der Waals surface area contributed by atoms with E-state index in [0.717, 1.165) is 12.1 Å². The van der Waals surface area contributed by atoms with Crippen LogP contribution in [0.4, 0.5) is 21.5 Å². The summed E-state index contributed by atoms with van der Waals surface area (Å²) in [5, 5.41) is 13.6. The Kier molecular flexibility index (Phi) is 5.02. The average Bonchev–Trinajstić information content (AvgIpc) is 3.04. The molecular weight excluding hydrogens is 357 g/mol. The minimum absolute atomic E-state index is 0.0346. The number of anilines is 2. The third-order valence-corrected chi connectivity index (χ3v) is 4.29. The lowest BCUT2D eigenvalue weighted by Crippen LogP contribution is -2.28. The van der Waals surface area contributed by atoms with Gasteiger partial charge in [-0.25, -0.2) is 0 Å². The topological polar surface area (TPSA) is 102 Å². The number of nitrogens with one attached hydrogen (secondary N) is 1. The van der Waals surface area contributed by atoms with Crippen molar-refractivity contribution in [2.75, 3.05) is 23.9 Å². The Morgan fingerprint density at radius 1 is 1.30 bits per heavy atom. The maximum Gasteiger partial charge on any atom is 0.306 e. The Bertz CT molecular complexity index is 900. The molecule has 1 aliphatic heterocycles. The molecule has 1 atom stereocenters. The number of nitro groups is 1. The molecule has 1 fully saturated rings. The highest BCUT2D eigenvalue weighted by Gasteiger charge is 2.36. The summed E-state index contributed by atoms with van der Waals surface area (Å²) in [6.07, 6.45) is -0.0346. The summed E-state index contributed by atoms with van der Waals surface area (Å²) in [7, 11) is 1.53. The Morgan fingerprint density at radius 2 is 2.00 bits per heavy atom. The predicted molar refractivity (Wildman–Crippen MR) is 95.1 cm³/mol. The van der Waals surface area contributed by atoms with Crippen LogP contribution in [0.1, 0.15) is 6.42 Å². The van der Waals surface area contributed by atoms with Crippen molar-refractivity contribution >= 4 is 28.9 Å². The number of hydrogen-bond donors (Lipinski definition) is 1. The summed E-state index contributed by atoms with van der Waals surface area (Å²) in [6, 6.07) is 9.95. The Labute approximate surface area is 153 Å². The zero-order valence-corrected chi connectivity index (χ0v) is 14.3. The van der Waals surface area contributed by atoms with Crippen molar-refractivity contribution in [3.05, 3.63) is 58.4 Å². The van der Waals surface area contributed by atoms with E-state index in [9.17, 15) is 24.1 Å². The molecule has 3 rings (SSSR count). The Hall–Kier alpha value is -3.49. The summed E-state index contributed by atoms with van der Waals surface area (Å²) in [4.78, 5) is 36.0. The minimum atomic E-state index is -0.982. The van der Waals surface area contributed by atoms with E-state index in [1.807, 2.05) is 0 Å². The fraction of sp³-hybridized carbons (Fsp3) is 0.222. The number of nitrogens with zero attached hydrogens (tertiary/aromatic N) is 2. The summed E-state index contributed by atoms with van der Waals surface area (Å²) < 4.78 is 18.5. The first-order valence-electron chi connectivity index (χ1n) is 8.08. The summed E-state index contributed by atoms with van der Waals surface area (Å²) in [6.45, 7) is 0.0591. The highest BCUT2D eigenvalue weighted by molar-refractivity contribution is 6.03. The quantitative estimate of drug-likeness (QED) is 0.641. The van der Waals surface area contributed by atoms with Crippen LogP contribution in [0.2, 0.25) is 0 Å². The number of amides is 2. The van der Waals surface area contributed by atoms with Gasteiger partial charge in [-0.3, -0.25) is 19.7 Å². The highest BCUT2D eigenvalue weighted by atomic mass is 19.1. The second-order valence-corrected chi connectivity index (χ2v) is 6.02. The number of ether oxygens (including phenoxy) is 1. The SMILES string of the molecule is COc1ccc(NC(=O)C2CC(=O)N(c3ccc(F)c([N+](=O)[O-])c3)C2)cc1. The van der Waals surface area contributed by atoms with Gasteiger partial charge in [0, 0.05) is 24.7 Å². The number of hydrogen-bond acceptors (Lipinski definition) is 5. The monoisotopic (exact) mass is 373 g/mol. The summed E-state index contributed by atoms with van der Waals surface area (Å²) >= 11 is 0. The number of nitro benzene ring substituents is 1. The second kappa shape index (κ2) is 7.40. The normalized spacial score (nSPS) is 16.3. The number of carbonyl (C=O) groups is 2. The van der Waals surface area contributed by atoms with Crippen LogP contribution in [0.5, 0.6) is 5.75 Å². The first-order valence-corrected chi connectivity index (χ1v) is 8.08. The van der Waals surface area contributed by atoms with Gasteiger partial charge >= 0.3 is 5.69 Å². The zero-order valence-electron chi connectivity index (χ0n) is 14.3. The van der Waals surface area contributed by atoms with E-state index in [1.54, 1.807) is 24.3 Å². The summed E-state index contributed by atoms with van der Waals surface area (Å²) in [5.74, 6) is -1.65. The zero-order chi connectivity index (χ0) is 19.6. The van der Waals surface area contributed by atoms with Gasteiger partial charge < -0.3 is 15.0 Å². The van der Waals surface area contributed by atoms with E-state index in [-0.39, 0.29) is 30.5 Å². The molecule has 0 bridgehead atoms. The van der Waals surface area contributed by atoms with Gasteiger partial charge in [-0.2, -0.15) is 4.39 Å². The molecule has 1 saturated heterocycles. The maximum absolute atomic E-state index is 13.5. The van der Waals surface area contributed by atoms with Crippen molar-refractivity contribution in [3.63, 3.8) is 0 Å². The molecule has 140 valence electrons. The molecule has 9 heteroatoms. The van der Waals surface area contributed by atoms with Gasteiger partial charge in [-0.05, 0) is 36.4 Å². The maximum atomic E-state index is 13.5. The largest absolute Gasteiger partial charge is 0.497 e. The van der Waals surface area contributed by atoms with Gasteiger partial charge in [0.15, 0.2) is 0 Å². The Balaban J connectivity index is 1.72. The predicted octanol–water partition coefficient (Wildman–Crippen LogP) is 2.73. The van der Waals surface area contributed by atoms with Gasteiger partial charge in [0.1, 0.15) is 5.75 Å². The van der Waals surface area contributed by atoms with Gasteiger partial charge in [0.25, 0.3) is 0 Å². The van der Waals surface area contributed by atoms with Crippen LogP contribution in [0, 0.1) is 21.8 Å². The van der Waals surface area contributed by atoms with Crippen molar-refractivity contribution in [2.24, 2.45) is 5.92 Å². The minimum Gasteiger partial charge on any atom is -0.497 e. The molecule has 1 aliphatic rings. The molecule has 0 aliphatic carbocycles. The molecule has 8 nitrogen and oxygen atoms in total. The lowest BCUT2D eigenvalue weighted by Gasteiger charge is -2.16. The molecule has 0 aromatic heterocycles. The van der Waals surface area contributed by atoms with Crippen LogP contribution in [0.25, 0.3) is 0 Å². The molecule has 1 heterocycles. The third-order valence-electron chi connectivity index (χ3n) is 4.29. The number of halogens is 1. The number of rotatable bonds is 5. The molecule has 2 aromatic carbocycles. The Morgan fingerprint density at radius 3 is 2.63 bits per heavy atom. The van der Waals surface area contributed by atoms with Crippen LogP contribution in [0.15, 0.2) is 42.5 Å². The smallest absolute Gasteiger partial charge is 0.306 e. The number of carbonyl (C=O) groups excluding carboxylic acids is 2. The molecule has 27 heavy (non-hydrogen) atoms. The second-order valence-electron chi connectivity index (χ2n) is 6.02. The van der Waals surface area contributed by atoms with Crippen LogP contribution in [0.3, 0.4) is 0 Å². The molecule has 0 saturated carbocycles. The van der Waals surface area contributed by atoms with Gasteiger partial charge in [-0.15, -0.1) is 0 Å². The molecule has 2 amide bonds. The fourth-order valence-corrected chi connectivity index (χ4v) is 2.86. The molecular formula is C18H16FN3O5. The molecule has 2 aromatic rings. The highest BCUT2D eigenvalue weighted by Crippen LogP contribution is 2.30. The van der Waals surface area contributed by atoms with Crippen molar-refractivity contribution < 1.29 is 23.6 Å². The standard InChI is InChI=1S/C18H16FN3O5/c1-27-14-5-2-12(3-6-14)20-18(24)11-8-17(23)21(10-11)13-4-7-15(19)16(9-13)22(25)26/h2-7,9,11H,8,10H2,1H3,(H,20,24). The van der Waals surface area contributed by atoms with E-state index in [1.165, 1.54) is 18.1 Å². The van der Waals surface area contributed by atoms with E-state index >= 15 is 0 Å². The van der Waals surface area contributed by atoms with E-state index in [4.69, 9.17) is 4.74 Å². The van der Waals surface area contributed by atoms with Crippen molar-refractivity contribution in [3.8, 4) is 5.75 Å². The first-order chi connectivity index (χ1) is 12.9.